The fraction of sp³-hybridized carbons (Fsp3) is 0.688. The molecule has 3 rings (SSSR count). The Kier molecular flexibility index (Phi) is 3.85. The van der Waals surface area contributed by atoms with E-state index in [0.29, 0.717) is 12.6 Å². The molecular formula is C16H22N2OS. The first-order chi connectivity index (χ1) is 9.68. The van der Waals surface area contributed by atoms with E-state index < -0.39 is 0 Å². The maximum absolute atomic E-state index is 8.91. The molecule has 0 saturated carbocycles. The van der Waals surface area contributed by atoms with Crippen LogP contribution in [0.15, 0.2) is 6.07 Å². The maximum atomic E-state index is 8.91. The van der Waals surface area contributed by atoms with Crippen LogP contribution >= 0.6 is 11.3 Å². The van der Waals surface area contributed by atoms with Crippen molar-refractivity contribution in [1.29, 1.82) is 5.26 Å². The van der Waals surface area contributed by atoms with Crippen LogP contribution < -0.4 is 0 Å². The number of nitrogens with zero attached hydrogens (tertiary/aromatic N) is 2. The summed E-state index contributed by atoms with van der Waals surface area (Å²) in [4.78, 5) is 5.29. The molecular weight excluding hydrogens is 268 g/mol. The second-order valence-corrected chi connectivity index (χ2v) is 7.15. The monoisotopic (exact) mass is 290 g/mol. The number of aryl methyl sites for hydroxylation is 1. The van der Waals surface area contributed by atoms with Gasteiger partial charge in [0.2, 0.25) is 0 Å². The zero-order valence-corrected chi connectivity index (χ0v) is 13.1. The van der Waals surface area contributed by atoms with Crippen molar-refractivity contribution in [3.8, 4) is 6.07 Å². The summed E-state index contributed by atoms with van der Waals surface area (Å²) in [7, 11) is 0. The molecule has 1 spiro atoms. The molecule has 20 heavy (non-hydrogen) atoms. The molecule has 0 N–H and O–H groups in total. The SMILES string of the molecule is CCc1cc2c(s1)CCO[C@@]21CCN(CC#N)[C@@H](C)C1. The molecule has 3 heterocycles. The second kappa shape index (κ2) is 5.48. The van der Waals surface area contributed by atoms with E-state index in [1.165, 1.54) is 15.3 Å². The summed E-state index contributed by atoms with van der Waals surface area (Å²) >= 11 is 1.97. The summed E-state index contributed by atoms with van der Waals surface area (Å²) in [6.07, 6.45) is 4.22. The van der Waals surface area contributed by atoms with Crippen molar-refractivity contribution in [3.63, 3.8) is 0 Å². The Morgan fingerprint density at radius 2 is 2.45 bits per heavy atom. The van der Waals surface area contributed by atoms with Gasteiger partial charge in [0.1, 0.15) is 0 Å². The number of ether oxygens (including phenoxy) is 1. The lowest BCUT2D eigenvalue weighted by Crippen LogP contribution is -2.50. The van der Waals surface area contributed by atoms with Crippen molar-refractivity contribution in [1.82, 2.24) is 4.90 Å². The topological polar surface area (TPSA) is 36.3 Å². The van der Waals surface area contributed by atoms with E-state index in [1.54, 1.807) is 0 Å². The molecule has 0 bridgehead atoms. The van der Waals surface area contributed by atoms with Crippen molar-refractivity contribution in [2.24, 2.45) is 0 Å². The minimum atomic E-state index is -0.0805. The summed E-state index contributed by atoms with van der Waals surface area (Å²) in [5.41, 5.74) is 1.37. The van der Waals surface area contributed by atoms with Gasteiger partial charge in [-0.1, -0.05) is 6.92 Å². The Hall–Kier alpha value is -0.890. The van der Waals surface area contributed by atoms with Crippen molar-refractivity contribution in [2.45, 2.75) is 51.2 Å². The molecule has 1 saturated heterocycles. The first-order valence-corrected chi connectivity index (χ1v) is 8.37. The molecule has 0 aromatic carbocycles. The first-order valence-electron chi connectivity index (χ1n) is 7.55. The number of likely N-dealkylation sites (tertiary alicyclic amines) is 1. The third kappa shape index (κ3) is 2.28. The highest BCUT2D eigenvalue weighted by Crippen LogP contribution is 2.46. The van der Waals surface area contributed by atoms with Crippen LogP contribution in [0.2, 0.25) is 0 Å². The average Bonchev–Trinajstić information content (AvgIpc) is 2.87. The van der Waals surface area contributed by atoms with Crippen LogP contribution in [0.1, 0.15) is 42.0 Å². The summed E-state index contributed by atoms with van der Waals surface area (Å²) < 4.78 is 6.28. The maximum Gasteiger partial charge on any atom is 0.0969 e. The highest BCUT2D eigenvalue weighted by molar-refractivity contribution is 7.12. The van der Waals surface area contributed by atoms with Gasteiger partial charge < -0.3 is 4.74 Å². The zero-order valence-electron chi connectivity index (χ0n) is 12.3. The van der Waals surface area contributed by atoms with Gasteiger partial charge in [-0.2, -0.15) is 5.26 Å². The van der Waals surface area contributed by atoms with Gasteiger partial charge in [0.25, 0.3) is 0 Å². The highest BCUT2D eigenvalue weighted by Gasteiger charge is 2.44. The van der Waals surface area contributed by atoms with Gasteiger partial charge in [-0.15, -0.1) is 11.3 Å². The van der Waals surface area contributed by atoms with Crippen LogP contribution in [-0.2, 0) is 23.2 Å². The minimum Gasteiger partial charge on any atom is -0.370 e. The number of nitriles is 1. The standard InChI is InChI=1S/C16H22N2OS/c1-3-13-10-14-15(20-13)4-9-19-16(14)5-7-18(8-6-17)12(2)11-16/h10,12H,3-5,7-9,11H2,1-2H3/t12-,16+/m0/s1. The Bertz CT molecular complexity index is 533. The average molecular weight is 290 g/mol. The third-order valence-corrected chi connectivity index (χ3v) is 6.07. The molecule has 1 aromatic rings. The van der Waals surface area contributed by atoms with E-state index in [9.17, 15) is 0 Å². The second-order valence-electron chi connectivity index (χ2n) is 5.93. The molecule has 1 fully saturated rings. The Balaban J connectivity index is 1.88. The van der Waals surface area contributed by atoms with Crippen LogP contribution in [0.5, 0.6) is 0 Å². The lowest BCUT2D eigenvalue weighted by Gasteiger charge is -2.46. The van der Waals surface area contributed by atoms with Gasteiger partial charge >= 0.3 is 0 Å². The van der Waals surface area contributed by atoms with Gasteiger partial charge in [-0.05, 0) is 37.8 Å². The van der Waals surface area contributed by atoms with Crippen LogP contribution in [0, 0.1) is 11.3 Å². The van der Waals surface area contributed by atoms with Crippen molar-refractivity contribution < 1.29 is 4.74 Å². The number of rotatable bonds is 2. The molecule has 0 aliphatic carbocycles. The molecule has 0 radical (unpaired) electrons. The van der Waals surface area contributed by atoms with E-state index in [2.05, 4.69) is 30.9 Å². The number of piperidine rings is 1. The molecule has 2 aliphatic heterocycles. The lowest BCUT2D eigenvalue weighted by atomic mass is 9.79. The van der Waals surface area contributed by atoms with Gasteiger partial charge in [-0.25, -0.2) is 0 Å². The quantitative estimate of drug-likeness (QED) is 0.785. The largest absolute Gasteiger partial charge is 0.370 e. The van der Waals surface area contributed by atoms with Crippen LogP contribution in [0.25, 0.3) is 0 Å². The molecule has 3 nitrogen and oxygen atoms in total. The number of thiophene rings is 1. The molecule has 0 unspecified atom stereocenters. The molecule has 1 aromatic heterocycles. The molecule has 4 heteroatoms. The number of hydrogen-bond acceptors (Lipinski definition) is 4. The van der Waals surface area contributed by atoms with Crippen molar-refractivity contribution in [2.75, 3.05) is 19.7 Å². The molecule has 0 amide bonds. The molecule has 2 atom stereocenters. The predicted molar refractivity (Wildman–Crippen MR) is 80.9 cm³/mol. The van der Waals surface area contributed by atoms with E-state index in [0.717, 1.165) is 38.8 Å². The van der Waals surface area contributed by atoms with E-state index in [-0.39, 0.29) is 5.60 Å². The fourth-order valence-corrected chi connectivity index (χ4v) is 4.78. The Labute approximate surface area is 125 Å². The summed E-state index contributed by atoms with van der Waals surface area (Å²) in [6, 6.07) is 5.08. The van der Waals surface area contributed by atoms with Gasteiger partial charge in [0.15, 0.2) is 0 Å². The smallest absolute Gasteiger partial charge is 0.0969 e. The zero-order chi connectivity index (χ0) is 14.2. The Morgan fingerprint density at radius 3 is 3.15 bits per heavy atom. The minimum absolute atomic E-state index is 0.0805. The first kappa shape index (κ1) is 14.1. The van der Waals surface area contributed by atoms with Gasteiger partial charge in [0, 0.05) is 28.8 Å². The highest BCUT2D eigenvalue weighted by atomic mass is 32.1. The summed E-state index contributed by atoms with van der Waals surface area (Å²) in [6.45, 7) is 6.80. The molecule has 108 valence electrons. The van der Waals surface area contributed by atoms with Gasteiger partial charge in [-0.3, -0.25) is 4.90 Å². The summed E-state index contributed by atoms with van der Waals surface area (Å²) in [5.74, 6) is 0. The Morgan fingerprint density at radius 1 is 1.60 bits per heavy atom. The summed E-state index contributed by atoms with van der Waals surface area (Å²) in [5, 5.41) is 8.91. The van der Waals surface area contributed by atoms with E-state index in [1.807, 2.05) is 11.3 Å². The normalized spacial score (nSPS) is 30.1. The van der Waals surface area contributed by atoms with E-state index in [4.69, 9.17) is 10.00 Å². The van der Waals surface area contributed by atoms with Crippen LogP contribution in [0.4, 0.5) is 0 Å². The number of hydrogen-bond donors (Lipinski definition) is 0. The van der Waals surface area contributed by atoms with Crippen LogP contribution in [0.3, 0.4) is 0 Å². The van der Waals surface area contributed by atoms with Gasteiger partial charge in [0.05, 0.1) is 24.8 Å². The molecule has 2 aliphatic rings. The lowest BCUT2D eigenvalue weighted by molar-refractivity contribution is -0.109. The van der Waals surface area contributed by atoms with E-state index >= 15 is 0 Å². The fourth-order valence-electron chi connectivity index (χ4n) is 3.60. The van der Waals surface area contributed by atoms with Crippen LogP contribution in [-0.4, -0.2) is 30.6 Å². The van der Waals surface area contributed by atoms with Crippen molar-refractivity contribution >= 4 is 11.3 Å². The predicted octanol–water partition coefficient (Wildman–Crippen LogP) is 3.09. The third-order valence-electron chi connectivity index (χ3n) is 4.73. The number of fused-ring (bicyclic) bond motifs is 2. The van der Waals surface area contributed by atoms with Crippen molar-refractivity contribution in [3.05, 3.63) is 21.4 Å².